The van der Waals surface area contributed by atoms with Crippen LogP contribution in [-0.2, 0) is 11.3 Å². The van der Waals surface area contributed by atoms with Crippen LogP contribution in [0.15, 0.2) is 16.6 Å². The number of fused-ring (bicyclic) bond motifs is 1. The van der Waals surface area contributed by atoms with Crippen molar-refractivity contribution in [1.29, 1.82) is 0 Å². The number of ether oxygens (including phenoxy) is 1. The molecule has 64 valence electrons. The largest absolute Gasteiger partial charge is 0.398 e. The Hall–Kier alpha value is -0.0600. The lowest BCUT2D eigenvalue weighted by Gasteiger charge is -2.04. The first-order valence-corrected chi connectivity index (χ1v) is 5.23. The Labute approximate surface area is 87.3 Å². The molecule has 1 aromatic carbocycles. The number of halogens is 2. The second-order valence-corrected chi connectivity index (χ2v) is 4.29. The number of benzene rings is 1. The Morgan fingerprint density at radius 2 is 2.25 bits per heavy atom. The first-order chi connectivity index (χ1) is 5.70. The summed E-state index contributed by atoms with van der Waals surface area (Å²) in [7, 11) is 0. The van der Waals surface area contributed by atoms with Crippen molar-refractivity contribution in [3.8, 4) is 0 Å². The van der Waals surface area contributed by atoms with Crippen LogP contribution in [0.4, 0.5) is 5.69 Å². The smallest absolute Gasteiger partial charge is 0.138 e. The topological polar surface area (TPSA) is 35.2 Å². The number of nitrogen functional groups attached to an aromatic ring is 1. The second kappa shape index (κ2) is 3.01. The van der Waals surface area contributed by atoms with Gasteiger partial charge in [-0.25, -0.2) is 0 Å². The highest BCUT2D eigenvalue weighted by Crippen LogP contribution is 2.40. The summed E-state index contributed by atoms with van der Waals surface area (Å²) in [6, 6.07) is 3.87. The fourth-order valence-electron chi connectivity index (χ4n) is 1.26. The minimum absolute atomic E-state index is 0.0180. The van der Waals surface area contributed by atoms with Gasteiger partial charge in [-0.3, -0.25) is 0 Å². The number of alkyl halides is 1. The van der Waals surface area contributed by atoms with E-state index in [-0.39, 0.29) is 5.01 Å². The Morgan fingerprint density at radius 3 is 3.00 bits per heavy atom. The molecule has 0 aliphatic carbocycles. The van der Waals surface area contributed by atoms with Crippen LogP contribution in [-0.4, -0.2) is 0 Å². The molecule has 0 bridgehead atoms. The number of rotatable bonds is 0. The summed E-state index contributed by atoms with van der Waals surface area (Å²) in [6.45, 7) is 0.622. The first-order valence-electron chi connectivity index (χ1n) is 3.52. The molecule has 0 saturated carbocycles. The second-order valence-electron chi connectivity index (χ2n) is 2.66. The van der Waals surface area contributed by atoms with Crippen LogP contribution in [0.2, 0.25) is 0 Å². The van der Waals surface area contributed by atoms with Gasteiger partial charge in [0.05, 0.1) is 6.61 Å². The molecule has 4 heteroatoms. The lowest BCUT2D eigenvalue weighted by molar-refractivity contribution is 0.131. The molecule has 2 nitrogen and oxygen atoms in total. The van der Waals surface area contributed by atoms with E-state index in [1.54, 1.807) is 0 Å². The van der Waals surface area contributed by atoms with Crippen LogP contribution >= 0.6 is 31.9 Å². The van der Waals surface area contributed by atoms with E-state index >= 15 is 0 Å². The van der Waals surface area contributed by atoms with Crippen molar-refractivity contribution < 1.29 is 4.74 Å². The van der Waals surface area contributed by atoms with Crippen molar-refractivity contribution in [2.24, 2.45) is 0 Å². The van der Waals surface area contributed by atoms with E-state index in [0.717, 1.165) is 21.3 Å². The lowest BCUT2D eigenvalue weighted by atomic mass is 10.1. The van der Waals surface area contributed by atoms with Crippen molar-refractivity contribution in [3.63, 3.8) is 0 Å². The summed E-state index contributed by atoms with van der Waals surface area (Å²) < 4.78 is 6.35. The predicted octanol–water partition coefficient (Wildman–Crippen LogP) is 2.96. The normalized spacial score (nSPS) is 21.0. The highest BCUT2D eigenvalue weighted by molar-refractivity contribution is 9.10. The van der Waals surface area contributed by atoms with Crippen LogP contribution < -0.4 is 5.73 Å². The highest BCUT2D eigenvalue weighted by Gasteiger charge is 2.23. The summed E-state index contributed by atoms with van der Waals surface area (Å²) >= 11 is 6.84. The maximum absolute atomic E-state index is 5.72. The molecule has 0 aromatic heterocycles. The number of nitrogens with two attached hydrogens (primary N) is 1. The van der Waals surface area contributed by atoms with Crippen molar-refractivity contribution in [3.05, 3.63) is 27.7 Å². The molecule has 0 saturated heterocycles. The lowest BCUT2D eigenvalue weighted by Crippen LogP contribution is -1.92. The average Bonchev–Trinajstić information content (AvgIpc) is 2.41. The van der Waals surface area contributed by atoms with Crippen molar-refractivity contribution >= 4 is 37.5 Å². The zero-order valence-electron chi connectivity index (χ0n) is 6.18. The SMILES string of the molecule is Nc1ccc2c(c1Br)COC2Br. The minimum Gasteiger partial charge on any atom is -0.398 e. The van der Waals surface area contributed by atoms with Gasteiger partial charge in [-0.05, 0) is 27.6 Å². The van der Waals surface area contributed by atoms with Crippen LogP contribution in [0.3, 0.4) is 0 Å². The van der Waals surface area contributed by atoms with Crippen molar-refractivity contribution in [2.75, 3.05) is 5.73 Å². The molecular formula is C8H7Br2NO. The van der Waals surface area contributed by atoms with Gasteiger partial charge in [0.15, 0.2) is 0 Å². The molecule has 0 spiro atoms. The van der Waals surface area contributed by atoms with E-state index in [4.69, 9.17) is 10.5 Å². The molecule has 0 radical (unpaired) electrons. The standard InChI is InChI=1S/C8H7Br2NO/c9-7-5-3-12-8(10)4(5)1-2-6(7)11/h1-2,8H,3,11H2. The summed E-state index contributed by atoms with van der Waals surface area (Å²) in [6.07, 6.45) is 0. The van der Waals surface area contributed by atoms with Gasteiger partial charge in [-0.1, -0.05) is 22.0 Å². The fourth-order valence-corrected chi connectivity index (χ4v) is 2.30. The molecular weight excluding hydrogens is 286 g/mol. The molecule has 1 heterocycles. The fraction of sp³-hybridized carbons (Fsp3) is 0.250. The van der Waals surface area contributed by atoms with Gasteiger partial charge < -0.3 is 10.5 Å². The van der Waals surface area contributed by atoms with Gasteiger partial charge >= 0.3 is 0 Å². The van der Waals surface area contributed by atoms with Crippen LogP contribution in [0.25, 0.3) is 0 Å². The molecule has 0 fully saturated rings. The van der Waals surface area contributed by atoms with Gasteiger partial charge in [-0.15, -0.1) is 0 Å². The zero-order chi connectivity index (χ0) is 8.72. The molecule has 1 aromatic rings. The van der Waals surface area contributed by atoms with Crippen LogP contribution in [0.1, 0.15) is 16.1 Å². The van der Waals surface area contributed by atoms with Gasteiger partial charge in [0.2, 0.25) is 0 Å². The predicted molar refractivity (Wildman–Crippen MR) is 55.0 cm³/mol. The number of anilines is 1. The summed E-state index contributed by atoms with van der Waals surface area (Å²) in [5.41, 5.74) is 8.80. The molecule has 12 heavy (non-hydrogen) atoms. The Bertz CT molecular complexity index is 327. The third kappa shape index (κ3) is 1.18. The number of hydrogen-bond acceptors (Lipinski definition) is 2. The maximum atomic E-state index is 5.72. The molecule has 2 rings (SSSR count). The third-order valence-corrected chi connectivity index (χ3v) is 3.62. The van der Waals surface area contributed by atoms with E-state index in [2.05, 4.69) is 31.9 Å². The van der Waals surface area contributed by atoms with Gasteiger partial charge in [0.25, 0.3) is 0 Å². The monoisotopic (exact) mass is 291 g/mol. The molecule has 1 aliphatic heterocycles. The maximum Gasteiger partial charge on any atom is 0.138 e. The van der Waals surface area contributed by atoms with Crippen molar-refractivity contribution in [2.45, 2.75) is 11.6 Å². The Balaban J connectivity index is 2.60. The van der Waals surface area contributed by atoms with Crippen LogP contribution in [0, 0.1) is 0 Å². The van der Waals surface area contributed by atoms with Gasteiger partial charge in [0, 0.05) is 15.7 Å². The highest BCUT2D eigenvalue weighted by atomic mass is 79.9. The van der Waals surface area contributed by atoms with Gasteiger partial charge in [-0.2, -0.15) is 0 Å². The summed E-state index contributed by atoms with van der Waals surface area (Å²) in [4.78, 5) is 0. The Morgan fingerprint density at radius 1 is 1.50 bits per heavy atom. The minimum atomic E-state index is 0.0180. The molecule has 1 unspecified atom stereocenters. The van der Waals surface area contributed by atoms with E-state index in [0.29, 0.717) is 6.61 Å². The third-order valence-electron chi connectivity index (χ3n) is 1.93. The van der Waals surface area contributed by atoms with E-state index in [9.17, 15) is 0 Å². The van der Waals surface area contributed by atoms with Crippen LogP contribution in [0.5, 0.6) is 0 Å². The first kappa shape index (κ1) is 8.53. The zero-order valence-corrected chi connectivity index (χ0v) is 9.35. The molecule has 1 atom stereocenters. The van der Waals surface area contributed by atoms with E-state index in [1.165, 1.54) is 0 Å². The summed E-state index contributed by atoms with van der Waals surface area (Å²) in [5.74, 6) is 0. The quantitative estimate of drug-likeness (QED) is 0.589. The molecule has 0 amide bonds. The molecule has 2 N–H and O–H groups in total. The van der Waals surface area contributed by atoms with E-state index in [1.807, 2.05) is 12.1 Å². The Kier molecular flexibility index (Phi) is 2.14. The molecule has 1 aliphatic rings. The average molecular weight is 293 g/mol. The summed E-state index contributed by atoms with van der Waals surface area (Å²) in [5, 5.41) is 0.0180. The number of hydrogen-bond donors (Lipinski definition) is 1. The van der Waals surface area contributed by atoms with Crippen molar-refractivity contribution in [1.82, 2.24) is 0 Å². The van der Waals surface area contributed by atoms with E-state index < -0.39 is 0 Å². The van der Waals surface area contributed by atoms with Gasteiger partial charge in [0.1, 0.15) is 5.01 Å².